The second-order valence-corrected chi connectivity index (χ2v) is 8.06. The Morgan fingerprint density at radius 2 is 1.71 bits per heavy atom. The van der Waals surface area contributed by atoms with Crippen molar-refractivity contribution in [2.45, 2.75) is 6.18 Å². The number of anilines is 2. The Kier molecular flexibility index (Phi) is 6.55. The summed E-state index contributed by atoms with van der Waals surface area (Å²) in [5.41, 5.74) is 0.839. The number of aromatic nitrogens is 3. The van der Waals surface area contributed by atoms with E-state index in [1.54, 1.807) is 48.9 Å². The summed E-state index contributed by atoms with van der Waals surface area (Å²) in [6, 6.07) is 12.7. The molecule has 4 aromatic rings. The van der Waals surface area contributed by atoms with E-state index in [1.807, 2.05) is 17.8 Å². The van der Waals surface area contributed by atoms with Gasteiger partial charge in [-0.05, 0) is 36.4 Å². The van der Waals surface area contributed by atoms with Crippen LogP contribution in [0.3, 0.4) is 0 Å². The highest BCUT2D eigenvalue weighted by Gasteiger charge is 2.33. The number of carbonyl (C=O) groups is 1. The van der Waals surface area contributed by atoms with E-state index in [2.05, 4.69) is 36.5 Å². The maximum atomic E-state index is 13.1. The molecule has 174 valence electrons. The fourth-order valence-electron chi connectivity index (χ4n) is 3.05. The monoisotopic (exact) mass is 531 g/mol. The van der Waals surface area contributed by atoms with Gasteiger partial charge in [-0.25, -0.2) is 9.78 Å². The highest BCUT2D eigenvalue weighted by Crippen LogP contribution is 2.36. The van der Waals surface area contributed by atoms with Gasteiger partial charge in [0.05, 0.1) is 17.6 Å². The Morgan fingerprint density at radius 3 is 2.41 bits per heavy atom. The maximum Gasteiger partial charge on any atom is 0.417 e. The first-order valence-electron chi connectivity index (χ1n) is 9.84. The molecule has 4 rings (SSSR count). The third-order valence-electron chi connectivity index (χ3n) is 4.56. The molecule has 2 N–H and O–H groups in total. The standard InChI is InChI=1S/C23H17BrF3N5O2/c1-32-12-21(29-13-32)20-11-17(7-8-28-20)34-16-4-2-3-14(9-16)30-22(33)31-15-5-6-19(24)18(10-15)23(25,26)27/h2-13H,1H3,(H2,30,31,33). The van der Waals surface area contributed by atoms with Crippen LogP contribution in [0.2, 0.25) is 0 Å². The minimum absolute atomic E-state index is 0.000680. The molecule has 0 saturated heterocycles. The van der Waals surface area contributed by atoms with Gasteiger partial charge in [0, 0.05) is 47.4 Å². The van der Waals surface area contributed by atoms with Crippen LogP contribution in [0.4, 0.5) is 29.3 Å². The van der Waals surface area contributed by atoms with Crippen LogP contribution in [0.1, 0.15) is 5.56 Å². The van der Waals surface area contributed by atoms with Crippen LogP contribution in [0.15, 0.2) is 77.8 Å². The molecule has 0 fully saturated rings. The van der Waals surface area contributed by atoms with Gasteiger partial charge in [-0.3, -0.25) is 4.98 Å². The molecule has 0 bridgehead atoms. The van der Waals surface area contributed by atoms with Crippen molar-refractivity contribution in [2.75, 3.05) is 10.6 Å². The largest absolute Gasteiger partial charge is 0.457 e. The lowest BCUT2D eigenvalue weighted by Gasteiger charge is -2.13. The number of nitrogens with zero attached hydrogens (tertiary/aromatic N) is 3. The van der Waals surface area contributed by atoms with Crippen LogP contribution >= 0.6 is 15.9 Å². The van der Waals surface area contributed by atoms with Gasteiger partial charge in [0.15, 0.2) is 0 Å². The van der Waals surface area contributed by atoms with Gasteiger partial charge in [-0.1, -0.05) is 22.0 Å². The maximum absolute atomic E-state index is 13.1. The number of hydrogen-bond donors (Lipinski definition) is 2. The summed E-state index contributed by atoms with van der Waals surface area (Å²) in [5.74, 6) is 0.964. The lowest BCUT2D eigenvalue weighted by Crippen LogP contribution is -2.20. The van der Waals surface area contributed by atoms with Gasteiger partial charge < -0.3 is 19.9 Å². The molecule has 0 aliphatic heterocycles. The van der Waals surface area contributed by atoms with Crippen molar-refractivity contribution >= 4 is 33.3 Å². The predicted octanol–water partition coefficient (Wildman–Crippen LogP) is 6.70. The van der Waals surface area contributed by atoms with Crippen LogP contribution < -0.4 is 15.4 Å². The molecule has 0 unspecified atom stereocenters. The van der Waals surface area contributed by atoms with Crippen molar-refractivity contribution in [1.82, 2.24) is 14.5 Å². The Balaban J connectivity index is 1.44. The predicted molar refractivity (Wildman–Crippen MR) is 125 cm³/mol. The quantitative estimate of drug-likeness (QED) is 0.300. The number of halogens is 4. The number of alkyl halides is 3. The molecule has 0 atom stereocenters. The van der Waals surface area contributed by atoms with Gasteiger partial charge >= 0.3 is 12.2 Å². The molecule has 2 aromatic heterocycles. The average Bonchev–Trinajstić information content (AvgIpc) is 3.21. The lowest BCUT2D eigenvalue weighted by atomic mass is 10.2. The van der Waals surface area contributed by atoms with E-state index in [4.69, 9.17) is 4.74 Å². The minimum atomic E-state index is -4.55. The van der Waals surface area contributed by atoms with Crippen LogP contribution in [0, 0.1) is 0 Å². The van der Waals surface area contributed by atoms with Crippen molar-refractivity contribution in [3.8, 4) is 22.9 Å². The van der Waals surface area contributed by atoms with E-state index < -0.39 is 17.8 Å². The zero-order chi connectivity index (χ0) is 24.3. The average molecular weight is 532 g/mol. The van der Waals surface area contributed by atoms with Gasteiger partial charge in [-0.15, -0.1) is 0 Å². The summed E-state index contributed by atoms with van der Waals surface area (Å²) in [6.07, 6.45) is 0.547. The molecule has 11 heteroatoms. The number of benzene rings is 2. The zero-order valence-corrected chi connectivity index (χ0v) is 19.2. The van der Waals surface area contributed by atoms with E-state index in [9.17, 15) is 18.0 Å². The molecule has 2 heterocycles. The normalized spacial score (nSPS) is 11.2. The number of carbonyl (C=O) groups excluding carboxylic acids is 1. The van der Waals surface area contributed by atoms with Crippen LogP contribution in [-0.2, 0) is 13.2 Å². The second kappa shape index (κ2) is 9.56. The van der Waals surface area contributed by atoms with Crippen LogP contribution in [0.25, 0.3) is 11.4 Å². The molecular formula is C23H17BrF3N5O2. The van der Waals surface area contributed by atoms with E-state index in [0.29, 0.717) is 28.6 Å². The molecule has 0 aliphatic carbocycles. The summed E-state index contributed by atoms with van der Waals surface area (Å²) in [5, 5.41) is 4.98. The molecule has 0 saturated carbocycles. The van der Waals surface area contributed by atoms with Gasteiger partial charge in [0.2, 0.25) is 0 Å². The summed E-state index contributed by atoms with van der Waals surface area (Å²) >= 11 is 2.87. The molecular weight excluding hydrogens is 515 g/mol. The number of ether oxygens (including phenoxy) is 1. The number of nitrogens with one attached hydrogen (secondary N) is 2. The van der Waals surface area contributed by atoms with E-state index in [0.717, 1.165) is 6.07 Å². The van der Waals surface area contributed by atoms with Gasteiger partial charge in [-0.2, -0.15) is 13.2 Å². The molecule has 0 radical (unpaired) electrons. The number of hydrogen-bond acceptors (Lipinski definition) is 4. The van der Waals surface area contributed by atoms with Crippen molar-refractivity contribution in [2.24, 2.45) is 7.05 Å². The number of amides is 2. The van der Waals surface area contributed by atoms with Gasteiger partial charge in [0.25, 0.3) is 0 Å². The topological polar surface area (TPSA) is 81.1 Å². The van der Waals surface area contributed by atoms with Crippen molar-refractivity contribution in [3.05, 3.63) is 83.4 Å². The Hall–Kier alpha value is -3.86. The number of imidazole rings is 1. The Morgan fingerprint density at radius 1 is 0.971 bits per heavy atom. The number of rotatable bonds is 5. The molecule has 0 aliphatic rings. The first-order chi connectivity index (χ1) is 16.2. The third-order valence-corrected chi connectivity index (χ3v) is 5.25. The van der Waals surface area contributed by atoms with E-state index in [1.165, 1.54) is 12.1 Å². The number of aryl methyl sites for hydroxylation is 1. The Bertz CT molecular complexity index is 1340. The first-order valence-corrected chi connectivity index (χ1v) is 10.6. The smallest absolute Gasteiger partial charge is 0.417 e. The fraction of sp³-hybridized carbons (Fsp3) is 0.0870. The lowest BCUT2D eigenvalue weighted by molar-refractivity contribution is -0.138. The Labute approximate surface area is 200 Å². The van der Waals surface area contributed by atoms with Crippen molar-refractivity contribution in [1.29, 1.82) is 0 Å². The summed E-state index contributed by atoms with van der Waals surface area (Å²) in [7, 11) is 1.86. The first kappa shape index (κ1) is 23.3. The van der Waals surface area contributed by atoms with E-state index >= 15 is 0 Å². The van der Waals surface area contributed by atoms with Crippen molar-refractivity contribution < 1.29 is 22.7 Å². The number of urea groups is 1. The third kappa shape index (κ3) is 5.73. The minimum Gasteiger partial charge on any atom is -0.457 e. The molecule has 7 nitrogen and oxygen atoms in total. The highest BCUT2D eigenvalue weighted by atomic mass is 79.9. The molecule has 2 amide bonds. The van der Waals surface area contributed by atoms with Crippen LogP contribution in [-0.4, -0.2) is 20.6 Å². The van der Waals surface area contributed by atoms with E-state index in [-0.39, 0.29) is 10.2 Å². The summed E-state index contributed by atoms with van der Waals surface area (Å²) < 4.78 is 46.8. The zero-order valence-electron chi connectivity index (χ0n) is 17.6. The molecule has 2 aromatic carbocycles. The van der Waals surface area contributed by atoms with Crippen LogP contribution in [0.5, 0.6) is 11.5 Å². The summed E-state index contributed by atoms with van der Waals surface area (Å²) in [4.78, 5) is 20.9. The summed E-state index contributed by atoms with van der Waals surface area (Å²) in [6.45, 7) is 0. The fourth-order valence-corrected chi connectivity index (χ4v) is 3.52. The second-order valence-electron chi connectivity index (χ2n) is 7.20. The van der Waals surface area contributed by atoms with Crippen molar-refractivity contribution in [3.63, 3.8) is 0 Å². The highest BCUT2D eigenvalue weighted by molar-refractivity contribution is 9.10. The SMILES string of the molecule is Cn1cnc(-c2cc(Oc3cccc(NC(=O)Nc4ccc(Br)c(C(F)(F)F)c4)c3)ccn2)c1. The molecule has 0 spiro atoms. The molecule has 34 heavy (non-hydrogen) atoms. The number of pyridine rings is 1. The van der Waals surface area contributed by atoms with Gasteiger partial charge in [0.1, 0.15) is 17.2 Å².